The quantitative estimate of drug-likeness (QED) is 0.619. The minimum absolute atomic E-state index is 0.243. The van der Waals surface area contributed by atoms with Crippen LogP contribution in [0.5, 0.6) is 0 Å². The van der Waals surface area contributed by atoms with Gasteiger partial charge < -0.3 is 15.8 Å². The normalized spacial score (nSPS) is 20.5. The number of guanidine groups is 1. The molecule has 1 aromatic rings. The summed E-state index contributed by atoms with van der Waals surface area (Å²) in [7, 11) is 0. The van der Waals surface area contributed by atoms with Crippen LogP contribution in [0.15, 0.2) is 29.3 Å². The first-order valence-electron chi connectivity index (χ1n) is 5.99. The third-order valence-electron chi connectivity index (χ3n) is 2.78. The molecule has 0 saturated carbocycles. The third kappa shape index (κ3) is 3.75. The summed E-state index contributed by atoms with van der Waals surface area (Å²) in [5.74, 6) is 0.450. The summed E-state index contributed by atoms with van der Waals surface area (Å²) in [6, 6.07) is 8.05. The predicted octanol–water partition coefficient (Wildman–Crippen LogP) is 1.90. The van der Waals surface area contributed by atoms with Crippen LogP contribution in [-0.4, -0.2) is 25.2 Å². The monoisotopic (exact) mass is 233 g/mol. The third-order valence-corrected chi connectivity index (χ3v) is 2.78. The highest BCUT2D eigenvalue weighted by Gasteiger charge is 2.14. The maximum atomic E-state index is 5.82. The van der Waals surface area contributed by atoms with Crippen molar-refractivity contribution in [3.8, 4) is 0 Å². The number of ether oxygens (including phenoxy) is 1. The van der Waals surface area contributed by atoms with Crippen molar-refractivity contribution in [3.05, 3.63) is 29.8 Å². The van der Waals surface area contributed by atoms with Gasteiger partial charge in [-0.15, -0.1) is 0 Å². The average molecular weight is 233 g/mol. The van der Waals surface area contributed by atoms with E-state index in [2.05, 4.69) is 10.3 Å². The summed E-state index contributed by atoms with van der Waals surface area (Å²) in [5, 5.41) is 3.08. The van der Waals surface area contributed by atoms with Crippen molar-refractivity contribution in [3.63, 3.8) is 0 Å². The van der Waals surface area contributed by atoms with E-state index in [0.29, 0.717) is 12.5 Å². The van der Waals surface area contributed by atoms with Crippen LogP contribution in [0.4, 0.5) is 5.69 Å². The number of nitrogens with one attached hydrogen (secondary N) is 1. The Kier molecular flexibility index (Phi) is 3.98. The largest absolute Gasteiger partial charge is 0.376 e. The SMILES string of the molecule is Cc1cccc(NC(N)=NCC2CCCO2)c1. The van der Waals surface area contributed by atoms with Gasteiger partial charge in [0.2, 0.25) is 0 Å². The van der Waals surface area contributed by atoms with Crippen LogP contribution in [0, 0.1) is 6.92 Å². The fraction of sp³-hybridized carbons (Fsp3) is 0.462. The number of hydrogen-bond donors (Lipinski definition) is 2. The highest BCUT2D eigenvalue weighted by atomic mass is 16.5. The maximum Gasteiger partial charge on any atom is 0.193 e. The molecule has 0 radical (unpaired) electrons. The van der Waals surface area contributed by atoms with Crippen LogP contribution in [0.25, 0.3) is 0 Å². The lowest BCUT2D eigenvalue weighted by Crippen LogP contribution is -2.24. The molecular weight excluding hydrogens is 214 g/mol. The maximum absolute atomic E-state index is 5.82. The van der Waals surface area contributed by atoms with E-state index in [0.717, 1.165) is 25.1 Å². The number of aryl methyl sites for hydroxylation is 1. The number of rotatable bonds is 3. The molecule has 0 aromatic heterocycles. The van der Waals surface area contributed by atoms with E-state index in [-0.39, 0.29) is 6.10 Å². The Morgan fingerprint density at radius 1 is 1.59 bits per heavy atom. The Morgan fingerprint density at radius 3 is 3.18 bits per heavy atom. The topological polar surface area (TPSA) is 59.6 Å². The zero-order valence-corrected chi connectivity index (χ0v) is 10.1. The van der Waals surface area contributed by atoms with Gasteiger partial charge in [0.25, 0.3) is 0 Å². The van der Waals surface area contributed by atoms with Gasteiger partial charge in [0.05, 0.1) is 12.6 Å². The Hall–Kier alpha value is -1.55. The lowest BCUT2D eigenvalue weighted by atomic mass is 10.2. The van der Waals surface area contributed by atoms with Crippen LogP contribution in [0.1, 0.15) is 18.4 Å². The average Bonchev–Trinajstić information content (AvgIpc) is 2.79. The van der Waals surface area contributed by atoms with Crippen LogP contribution in [0.3, 0.4) is 0 Å². The molecular formula is C13H19N3O. The predicted molar refractivity (Wildman–Crippen MR) is 70.3 cm³/mol. The first-order valence-corrected chi connectivity index (χ1v) is 5.99. The molecule has 0 amide bonds. The molecule has 1 unspecified atom stereocenters. The van der Waals surface area contributed by atoms with Crippen molar-refractivity contribution in [1.82, 2.24) is 0 Å². The number of nitrogens with two attached hydrogens (primary N) is 1. The smallest absolute Gasteiger partial charge is 0.193 e. The van der Waals surface area contributed by atoms with Gasteiger partial charge in [0, 0.05) is 12.3 Å². The van der Waals surface area contributed by atoms with Gasteiger partial charge in [0.1, 0.15) is 0 Å². The molecule has 0 bridgehead atoms. The second-order valence-electron chi connectivity index (χ2n) is 4.36. The molecule has 4 heteroatoms. The van der Waals surface area contributed by atoms with E-state index in [9.17, 15) is 0 Å². The molecule has 1 aliphatic rings. The second-order valence-corrected chi connectivity index (χ2v) is 4.36. The molecule has 1 saturated heterocycles. The van der Waals surface area contributed by atoms with Crippen molar-refractivity contribution in [2.24, 2.45) is 10.7 Å². The molecule has 1 heterocycles. The van der Waals surface area contributed by atoms with E-state index in [1.807, 2.05) is 31.2 Å². The summed E-state index contributed by atoms with van der Waals surface area (Å²) >= 11 is 0. The molecule has 1 fully saturated rings. The molecule has 92 valence electrons. The highest BCUT2D eigenvalue weighted by molar-refractivity contribution is 5.92. The van der Waals surface area contributed by atoms with Gasteiger partial charge >= 0.3 is 0 Å². The fourth-order valence-electron chi connectivity index (χ4n) is 1.90. The first kappa shape index (κ1) is 11.9. The van der Waals surface area contributed by atoms with Gasteiger partial charge in [-0.1, -0.05) is 12.1 Å². The minimum Gasteiger partial charge on any atom is -0.376 e. The van der Waals surface area contributed by atoms with Crippen LogP contribution in [0.2, 0.25) is 0 Å². The van der Waals surface area contributed by atoms with Gasteiger partial charge in [-0.05, 0) is 37.5 Å². The van der Waals surface area contributed by atoms with E-state index in [4.69, 9.17) is 10.5 Å². The lowest BCUT2D eigenvalue weighted by Gasteiger charge is -2.08. The Labute approximate surface area is 102 Å². The van der Waals surface area contributed by atoms with Crippen molar-refractivity contribution in [2.75, 3.05) is 18.5 Å². The Balaban J connectivity index is 1.87. The van der Waals surface area contributed by atoms with E-state index < -0.39 is 0 Å². The summed E-state index contributed by atoms with van der Waals surface area (Å²) in [5.41, 5.74) is 7.98. The first-order chi connectivity index (χ1) is 8.24. The standard InChI is InChI=1S/C13H19N3O/c1-10-4-2-5-11(8-10)16-13(14)15-9-12-6-3-7-17-12/h2,4-5,8,12H,3,6-7,9H2,1H3,(H3,14,15,16). The van der Waals surface area contributed by atoms with Gasteiger partial charge in [-0.3, -0.25) is 4.99 Å². The van der Waals surface area contributed by atoms with E-state index in [1.165, 1.54) is 5.56 Å². The second kappa shape index (κ2) is 5.68. The van der Waals surface area contributed by atoms with Crippen LogP contribution >= 0.6 is 0 Å². The Bertz CT molecular complexity index is 397. The number of aliphatic imine (C=N–C) groups is 1. The molecule has 1 atom stereocenters. The molecule has 1 aromatic carbocycles. The van der Waals surface area contributed by atoms with Gasteiger partial charge in [-0.25, -0.2) is 0 Å². The summed E-state index contributed by atoms with van der Waals surface area (Å²) < 4.78 is 5.48. The summed E-state index contributed by atoms with van der Waals surface area (Å²) in [4.78, 5) is 4.29. The molecule has 3 N–H and O–H groups in total. The van der Waals surface area contributed by atoms with Crippen molar-refractivity contribution >= 4 is 11.6 Å². The fourth-order valence-corrected chi connectivity index (χ4v) is 1.90. The molecule has 0 spiro atoms. The minimum atomic E-state index is 0.243. The molecule has 17 heavy (non-hydrogen) atoms. The number of anilines is 1. The van der Waals surface area contributed by atoms with Gasteiger partial charge in [0.15, 0.2) is 5.96 Å². The van der Waals surface area contributed by atoms with Crippen molar-refractivity contribution in [1.29, 1.82) is 0 Å². The van der Waals surface area contributed by atoms with E-state index >= 15 is 0 Å². The van der Waals surface area contributed by atoms with Crippen LogP contribution < -0.4 is 11.1 Å². The zero-order chi connectivity index (χ0) is 12.1. The van der Waals surface area contributed by atoms with Crippen LogP contribution in [-0.2, 0) is 4.74 Å². The lowest BCUT2D eigenvalue weighted by molar-refractivity contribution is 0.118. The molecule has 4 nitrogen and oxygen atoms in total. The zero-order valence-electron chi connectivity index (χ0n) is 10.1. The summed E-state index contributed by atoms with van der Waals surface area (Å²) in [6.07, 6.45) is 2.46. The number of hydrogen-bond acceptors (Lipinski definition) is 2. The molecule has 0 aliphatic carbocycles. The Morgan fingerprint density at radius 2 is 2.47 bits per heavy atom. The number of benzene rings is 1. The summed E-state index contributed by atoms with van der Waals surface area (Å²) in [6.45, 7) is 3.54. The highest BCUT2D eigenvalue weighted by Crippen LogP contribution is 2.12. The van der Waals surface area contributed by atoms with Gasteiger partial charge in [-0.2, -0.15) is 0 Å². The number of nitrogens with zero attached hydrogens (tertiary/aromatic N) is 1. The molecule has 1 aliphatic heterocycles. The van der Waals surface area contributed by atoms with Crippen molar-refractivity contribution < 1.29 is 4.74 Å². The van der Waals surface area contributed by atoms with E-state index in [1.54, 1.807) is 0 Å². The molecule has 2 rings (SSSR count). The van der Waals surface area contributed by atoms with Crippen molar-refractivity contribution in [2.45, 2.75) is 25.9 Å².